The van der Waals surface area contributed by atoms with Crippen LogP contribution in [0, 0.1) is 0 Å². The fraction of sp³-hybridized carbons (Fsp3) is 1.00. The number of methoxy groups -OCH3 is 1. The molecule has 3 N–H and O–H groups in total. The second-order valence-corrected chi connectivity index (χ2v) is 1.58. The third kappa shape index (κ3) is 15.8. The van der Waals surface area contributed by atoms with Crippen LogP contribution in [0.15, 0.2) is 0 Å². The zero-order valence-corrected chi connectivity index (χ0v) is 7.76. The van der Waals surface area contributed by atoms with Crippen LogP contribution in [0.25, 0.3) is 0 Å². The van der Waals surface area contributed by atoms with Crippen LogP contribution < -0.4 is 11.1 Å². The molecule has 0 rings (SSSR count). The van der Waals surface area contributed by atoms with Gasteiger partial charge in [-0.3, -0.25) is 5.32 Å². The van der Waals surface area contributed by atoms with Crippen LogP contribution in [-0.2, 0) is 4.74 Å². The van der Waals surface area contributed by atoms with E-state index in [1.165, 1.54) is 0 Å². The third-order valence-electron chi connectivity index (χ3n) is 0.804. The smallest absolute Gasteiger partial charge is 0.0961 e. The average Bonchev–Trinajstić information content (AvgIpc) is 1.81. The highest BCUT2D eigenvalue weighted by Gasteiger charge is 1.80. The normalized spacial score (nSPS) is 7.80. The van der Waals surface area contributed by atoms with Gasteiger partial charge in [-0.1, -0.05) is 0 Å². The van der Waals surface area contributed by atoms with Crippen molar-refractivity contribution in [2.75, 3.05) is 26.9 Å². The molecule has 0 aliphatic rings. The quantitative estimate of drug-likeness (QED) is 0.487. The monoisotopic (exact) mass is 190 g/mol. The van der Waals surface area contributed by atoms with Crippen molar-refractivity contribution < 1.29 is 4.74 Å². The maximum absolute atomic E-state index is 5.23. The Bertz CT molecular complexity index is 42.6. The Labute approximate surface area is 74.5 Å². The summed E-state index contributed by atoms with van der Waals surface area (Å²) < 4.78 is 4.74. The van der Waals surface area contributed by atoms with Crippen LogP contribution in [0.1, 0.15) is 6.42 Å². The van der Waals surface area contributed by atoms with Gasteiger partial charge in [-0.2, -0.15) is 0 Å². The largest absolute Gasteiger partial charge is 0.370 e. The molecule has 0 amide bonds. The van der Waals surface area contributed by atoms with Gasteiger partial charge < -0.3 is 10.5 Å². The summed E-state index contributed by atoms with van der Waals surface area (Å²) in [5.74, 6) is 0. The molecule has 0 aromatic carbocycles. The van der Waals surface area contributed by atoms with E-state index in [0.29, 0.717) is 6.73 Å². The summed E-state index contributed by atoms with van der Waals surface area (Å²) in [4.78, 5) is 0. The van der Waals surface area contributed by atoms with Gasteiger partial charge in [0.2, 0.25) is 0 Å². The first-order chi connectivity index (χ1) is 3.91. The molecule has 0 bridgehead atoms. The number of ether oxygens (including phenoxy) is 1. The van der Waals surface area contributed by atoms with Gasteiger partial charge in [0, 0.05) is 7.11 Å². The number of hydrogen-bond acceptors (Lipinski definition) is 3. The first kappa shape index (κ1) is 16.8. The SMILES string of the molecule is COCNCCCN.Cl.Cl. The summed E-state index contributed by atoms with van der Waals surface area (Å²) >= 11 is 0. The van der Waals surface area contributed by atoms with Gasteiger partial charge in [-0.05, 0) is 19.5 Å². The van der Waals surface area contributed by atoms with Crippen LogP contribution in [0.5, 0.6) is 0 Å². The maximum atomic E-state index is 5.23. The number of nitrogens with one attached hydrogen (secondary N) is 1. The Hall–Kier alpha value is 0.460. The van der Waals surface area contributed by atoms with Crippen LogP contribution in [0.3, 0.4) is 0 Å². The molecule has 0 heterocycles. The first-order valence-electron chi connectivity index (χ1n) is 2.81. The summed E-state index contributed by atoms with van der Waals surface area (Å²) in [6, 6.07) is 0. The Morgan fingerprint density at radius 1 is 1.40 bits per heavy atom. The van der Waals surface area contributed by atoms with Crippen molar-refractivity contribution in [2.45, 2.75) is 6.42 Å². The van der Waals surface area contributed by atoms with Crippen molar-refractivity contribution >= 4 is 24.8 Å². The van der Waals surface area contributed by atoms with Crippen molar-refractivity contribution in [3.05, 3.63) is 0 Å². The molecule has 0 aliphatic carbocycles. The van der Waals surface area contributed by atoms with Gasteiger partial charge in [0.05, 0.1) is 6.73 Å². The summed E-state index contributed by atoms with van der Waals surface area (Å²) in [5.41, 5.74) is 5.23. The highest BCUT2D eigenvalue weighted by Crippen LogP contribution is 1.67. The third-order valence-corrected chi connectivity index (χ3v) is 0.804. The highest BCUT2D eigenvalue weighted by molar-refractivity contribution is 5.85. The molecular formula is C5H16Cl2N2O. The van der Waals surface area contributed by atoms with E-state index in [-0.39, 0.29) is 24.8 Å². The van der Waals surface area contributed by atoms with Gasteiger partial charge in [-0.25, -0.2) is 0 Å². The van der Waals surface area contributed by atoms with Crippen molar-refractivity contribution in [1.82, 2.24) is 5.32 Å². The van der Waals surface area contributed by atoms with Crippen molar-refractivity contribution in [2.24, 2.45) is 5.73 Å². The van der Waals surface area contributed by atoms with Gasteiger partial charge in [0.1, 0.15) is 0 Å². The Kier molecular flexibility index (Phi) is 27.3. The highest BCUT2D eigenvalue weighted by atomic mass is 35.5. The lowest BCUT2D eigenvalue weighted by Gasteiger charge is -1.99. The first-order valence-corrected chi connectivity index (χ1v) is 2.81. The second-order valence-electron chi connectivity index (χ2n) is 1.58. The van der Waals surface area contributed by atoms with E-state index < -0.39 is 0 Å². The van der Waals surface area contributed by atoms with E-state index in [2.05, 4.69) is 5.32 Å². The number of rotatable bonds is 5. The van der Waals surface area contributed by atoms with E-state index in [1.807, 2.05) is 0 Å². The number of halogens is 2. The van der Waals surface area contributed by atoms with Crippen LogP contribution in [-0.4, -0.2) is 26.9 Å². The minimum absolute atomic E-state index is 0. The Balaban J connectivity index is -0.000000245. The predicted octanol–water partition coefficient (Wildman–Crippen LogP) is 0.372. The van der Waals surface area contributed by atoms with E-state index in [0.717, 1.165) is 19.5 Å². The lowest BCUT2D eigenvalue weighted by atomic mass is 10.4. The van der Waals surface area contributed by atoms with Crippen molar-refractivity contribution in [3.8, 4) is 0 Å². The van der Waals surface area contributed by atoms with Crippen molar-refractivity contribution in [1.29, 1.82) is 0 Å². The molecule has 0 atom stereocenters. The van der Waals surface area contributed by atoms with Crippen LogP contribution in [0.2, 0.25) is 0 Å². The zero-order chi connectivity index (χ0) is 6.24. The lowest BCUT2D eigenvalue weighted by molar-refractivity contribution is 0.175. The molecule has 0 aromatic rings. The molecule has 0 saturated carbocycles. The molecule has 0 spiro atoms. The molecule has 0 radical (unpaired) electrons. The number of nitrogens with two attached hydrogens (primary N) is 1. The summed E-state index contributed by atoms with van der Waals surface area (Å²) in [6.07, 6.45) is 1.02. The van der Waals surface area contributed by atoms with E-state index in [9.17, 15) is 0 Å². The van der Waals surface area contributed by atoms with E-state index in [1.54, 1.807) is 7.11 Å². The standard InChI is InChI=1S/C5H14N2O.2ClH/c1-8-5-7-4-2-3-6;;/h7H,2-6H2,1H3;2*1H. The summed E-state index contributed by atoms with van der Waals surface area (Å²) in [5, 5.41) is 3.03. The number of hydrogen-bond donors (Lipinski definition) is 2. The van der Waals surface area contributed by atoms with Crippen LogP contribution >= 0.6 is 24.8 Å². The molecule has 0 unspecified atom stereocenters. The van der Waals surface area contributed by atoms with Crippen LogP contribution in [0.4, 0.5) is 0 Å². The zero-order valence-electron chi connectivity index (χ0n) is 6.13. The lowest BCUT2D eigenvalue weighted by Crippen LogP contribution is -2.20. The Morgan fingerprint density at radius 2 is 2.00 bits per heavy atom. The molecule has 66 valence electrons. The summed E-state index contributed by atoms with van der Waals surface area (Å²) in [7, 11) is 1.66. The van der Waals surface area contributed by atoms with Gasteiger partial charge in [-0.15, -0.1) is 24.8 Å². The minimum Gasteiger partial charge on any atom is -0.370 e. The van der Waals surface area contributed by atoms with Gasteiger partial charge in [0.15, 0.2) is 0 Å². The molecule has 5 heteroatoms. The van der Waals surface area contributed by atoms with E-state index >= 15 is 0 Å². The van der Waals surface area contributed by atoms with Gasteiger partial charge >= 0.3 is 0 Å². The molecular weight excluding hydrogens is 175 g/mol. The molecule has 3 nitrogen and oxygen atoms in total. The topological polar surface area (TPSA) is 47.3 Å². The van der Waals surface area contributed by atoms with Gasteiger partial charge in [0.25, 0.3) is 0 Å². The molecule has 0 aliphatic heterocycles. The molecule has 0 saturated heterocycles. The van der Waals surface area contributed by atoms with Crippen molar-refractivity contribution in [3.63, 3.8) is 0 Å². The fourth-order valence-corrected chi connectivity index (χ4v) is 0.401. The summed E-state index contributed by atoms with van der Waals surface area (Å²) in [6.45, 7) is 2.32. The molecule has 10 heavy (non-hydrogen) atoms. The maximum Gasteiger partial charge on any atom is 0.0961 e. The average molecular weight is 191 g/mol. The van der Waals surface area contributed by atoms with E-state index in [4.69, 9.17) is 10.5 Å². The Morgan fingerprint density at radius 3 is 2.40 bits per heavy atom. The molecule has 0 aromatic heterocycles. The second kappa shape index (κ2) is 16.2. The predicted molar refractivity (Wildman–Crippen MR) is 48.0 cm³/mol. The fourth-order valence-electron chi connectivity index (χ4n) is 0.401. The minimum atomic E-state index is 0. The molecule has 0 fully saturated rings.